The first-order valence-corrected chi connectivity index (χ1v) is 7.92. The fourth-order valence-electron chi connectivity index (χ4n) is 2.77. The Morgan fingerprint density at radius 3 is 2.69 bits per heavy atom. The third-order valence-electron chi connectivity index (χ3n) is 4.02. The topological polar surface area (TPSA) is 80.5 Å². The normalized spacial score (nSPS) is 18.8. The van der Waals surface area contributed by atoms with Crippen LogP contribution in [0.1, 0.15) is 27.8 Å². The highest BCUT2D eigenvalue weighted by molar-refractivity contribution is 5.87. The van der Waals surface area contributed by atoms with E-state index in [0.29, 0.717) is 19.7 Å². The van der Waals surface area contributed by atoms with Crippen molar-refractivity contribution in [1.82, 2.24) is 19.7 Å². The van der Waals surface area contributed by atoms with Gasteiger partial charge in [0.1, 0.15) is 12.9 Å². The Kier molecular flexibility index (Phi) is 5.23. The van der Waals surface area contributed by atoms with E-state index in [9.17, 15) is 18.0 Å². The van der Waals surface area contributed by atoms with E-state index in [0.717, 1.165) is 16.6 Å². The molecule has 1 fully saturated rings. The van der Waals surface area contributed by atoms with Crippen LogP contribution in [0, 0.1) is 0 Å². The smallest absolute Gasteiger partial charge is 0.408 e. The van der Waals surface area contributed by atoms with Gasteiger partial charge in [-0.1, -0.05) is 12.1 Å². The number of alkyl halides is 3. The third-order valence-corrected chi connectivity index (χ3v) is 4.02. The molecule has 0 radical (unpaired) electrons. The van der Waals surface area contributed by atoms with Crippen LogP contribution in [0.25, 0.3) is 0 Å². The van der Waals surface area contributed by atoms with Gasteiger partial charge in [-0.05, 0) is 17.7 Å². The highest BCUT2D eigenvalue weighted by Gasteiger charge is 2.31. The molecule has 0 aliphatic carbocycles. The van der Waals surface area contributed by atoms with Crippen LogP contribution in [0.15, 0.2) is 30.6 Å². The first kappa shape index (κ1) is 18.3. The van der Waals surface area contributed by atoms with Crippen LogP contribution >= 0.6 is 0 Å². The summed E-state index contributed by atoms with van der Waals surface area (Å²) in [5.41, 5.74) is 1.08. The van der Waals surface area contributed by atoms with Crippen LogP contribution in [0.4, 0.5) is 13.2 Å². The molecule has 3 rings (SSSR count). The van der Waals surface area contributed by atoms with Crippen molar-refractivity contribution in [2.75, 3.05) is 19.8 Å². The number of nitrogens with zero attached hydrogens (tertiary/aromatic N) is 4. The van der Waals surface area contributed by atoms with E-state index in [1.807, 2.05) is 4.90 Å². The maximum absolute atomic E-state index is 12.5. The van der Waals surface area contributed by atoms with Gasteiger partial charge in [0.2, 0.25) is 0 Å². The number of hydrogen-bond acceptors (Lipinski definition) is 5. The van der Waals surface area contributed by atoms with Gasteiger partial charge in [0.05, 0.1) is 24.8 Å². The van der Waals surface area contributed by atoms with Gasteiger partial charge in [0.15, 0.2) is 5.82 Å². The molecule has 140 valence electrons. The molecule has 0 bridgehead atoms. The monoisotopic (exact) mass is 370 g/mol. The Bertz CT molecular complexity index is 761. The highest BCUT2D eigenvalue weighted by atomic mass is 19.4. The molecule has 1 unspecified atom stereocenters. The SMILES string of the molecule is O=C(O)c1ccc(CN2CCOCC2c2ncn(CC(F)(F)F)n2)cc1. The summed E-state index contributed by atoms with van der Waals surface area (Å²) in [6.07, 6.45) is -3.29. The molecule has 2 aromatic rings. The molecule has 26 heavy (non-hydrogen) atoms. The fraction of sp³-hybridized carbons (Fsp3) is 0.438. The number of aromatic carboxylic acids is 1. The van der Waals surface area contributed by atoms with Gasteiger partial charge < -0.3 is 9.84 Å². The maximum atomic E-state index is 12.5. The van der Waals surface area contributed by atoms with E-state index in [4.69, 9.17) is 9.84 Å². The molecular formula is C16H17F3N4O3. The summed E-state index contributed by atoms with van der Waals surface area (Å²) >= 11 is 0. The van der Waals surface area contributed by atoms with Crippen molar-refractivity contribution in [1.29, 1.82) is 0 Å². The fourth-order valence-corrected chi connectivity index (χ4v) is 2.77. The van der Waals surface area contributed by atoms with Crippen molar-refractivity contribution >= 4 is 5.97 Å². The average molecular weight is 370 g/mol. The molecule has 1 aliphatic heterocycles. The number of carbonyl (C=O) groups is 1. The molecule has 1 saturated heterocycles. The largest absolute Gasteiger partial charge is 0.478 e. The van der Waals surface area contributed by atoms with E-state index in [1.165, 1.54) is 12.1 Å². The Balaban J connectivity index is 1.72. The zero-order chi connectivity index (χ0) is 18.7. The lowest BCUT2D eigenvalue weighted by molar-refractivity contribution is -0.142. The van der Waals surface area contributed by atoms with Crippen LogP contribution in [-0.2, 0) is 17.8 Å². The Morgan fingerprint density at radius 1 is 1.31 bits per heavy atom. The summed E-state index contributed by atoms with van der Waals surface area (Å²) in [5.74, 6) is -0.726. The van der Waals surface area contributed by atoms with Gasteiger partial charge in [-0.15, -0.1) is 0 Å². The Hall–Kier alpha value is -2.46. The van der Waals surface area contributed by atoms with E-state index >= 15 is 0 Å². The molecule has 0 spiro atoms. The second kappa shape index (κ2) is 7.42. The first-order valence-electron chi connectivity index (χ1n) is 7.92. The van der Waals surface area contributed by atoms with Crippen LogP contribution < -0.4 is 0 Å². The second-order valence-electron chi connectivity index (χ2n) is 5.98. The quantitative estimate of drug-likeness (QED) is 0.868. The number of carboxylic acid groups (broad SMARTS) is 1. The van der Waals surface area contributed by atoms with Crippen LogP contribution in [-0.4, -0.2) is 56.7 Å². The predicted molar refractivity (Wildman–Crippen MR) is 83.4 cm³/mol. The van der Waals surface area contributed by atoms with Crippen LogP contribution in [0.3, 0.4) is 0 Å². The molecule has 0 amide bonds. The number of benzene rings is 1. The molecule has 0 saturated carbocycles. The maximum Gasteiger partial charge on any atom is 0.408 e. The number of rotatable bonds is 5. The molecular weight excluding hydrogens is 353 g/mol. The summed E-state index contributed by atoms with van der Waals surface area (Å²) in [6.45, 7) is 0.640. The van der Waals surface area contributed by atoms with Gasteiger partial charge in [0.25, 0.3) is 0 Å². The first-order chi connectivity index (χ1) is 12.3. The van der Waals surface area contributed by atoms with Crippen molar-refractivity contribution in [3.8, 4) is 0 Å². The van der Waals surface area contributed by atoms with Crippen molar-refractivity contribution in [3.05, 3.63) is 47.5 Å². The Labute approximate surface area is 147 Å². The van der Waals surface area contributed by atoms with Gasteiger partial charge >= 0.3 is 12.1 Å². The minimum Gasteiger partial charge on any atom is -0.478 e. The van der Waals surface area contributed by atoms with Crippen molar-refractivity contribution < 1.29 is 27.8 Å². The molecule has 10 heteroatoms. The zero-order valence-electron chi connectivity index (χ0n) is 13.7. The second-order valence-corrected chi connectivity index (χ2v) is 5.98. The number of aromatic nitrogens is 3. The van der Waals surface area contributed by atoms with E-state index in [2.05, 4.69) is 10.1 Å². The molecule has 1 aromatic carbocycles. The molecule has 1 aromatic heterocycles. The molecule has 1 atom stereocenters. The van der Waals surface area contributed by atoms with Gasteiger partial charge in [-0.3, -0.25) is 4.90 Å². The predicted octanol–water partition coefficient (Wildman–Crippen LogP) is 2.11. The number of ether oxygens (including phenoxy) is 1. The average Bonchev–Trinajstić information content (AvgIpc) is 3.02. The summed E-state index contributed by atoms with van der Waals surface area (Å²) in [4.78, 5) is 16.9. The summed E-state index contributed by atoms with van der Waals surface area (Å²) in [5, 5.41) is 12.9. The van der Waals surface area contributed by atoms with Gasteiger partial charge in [-0.2, -0.15) is 18.3 Å². The van der Waals surface area contributed by atoms with E-state index in [-0.39, 0.29) is 24.0 Å². The molecule has 2 heterocycles. The minimum atomic E-state index is -4.36. The third kappa shape index (κ3) is 4.58. The van der Waals surface area contributed by atoms with Crippen LogP contribution in [0.2, 0.25) is 0 Å². The molecule has 1 aliphatic rings. The highest BCUT2D eigenvalue weighted by Crippen LogP contribution is 2.24. The minimum absolute atomic E-state index is 0.194. The standard InChI is InChI=1S/C16H17F3N4O3/c17-16(18,19)9-23-10-20-14(21-23)13-8-26-6-5-22(13)7-11-1-3-12(4-2-11)15(24)25/h1-4,10,13H,5-9H2,(H,24,25). The van der Waals surface area contributed by atoms with Crippen molar-refractivity contribution in [2.24, 2.45) is 0 Å². The summed E-state index contributed by atoms with van der Waals surface area (Å²) < 4.78 is 43.6. The lowest BCUT2D eigenvalue weighted by Crippen LogP contribution is -2.39. The number of morpholine rings is 1. The van der Waals surface area contributed by atoms with Crippen molar-refractivity contribution in [3.63, 3.8) is 0 Å². The molecule has 7 nitrogen and oxygen atoms in total. The number of carboxylic acids is 1. The van der Waals surface area contributed by atoms with Crippen LogP contribution in [0.5, 0.6) is 0 Å². The Morgan fingerprint density at radius 2 is 2.04 bits per heavy atom. The van der Waals surface area contributed by atoms with Crippen molar-refractivity contribution in [2.45, 2.75) is 25.3 Å². The number of hydrogen-bond donors (Lipinski definition) is 1. The lowest BCUT2D eigenvalue weighted by Gasteiger charge is -2.33. The van der Waals surface area contributed by atoms with E-state index < -0.39 is 18.7 Å². The lowest BCUT2D eigenvalue weighted by atomic mass is 10.1. The molecule has 1 N–H and O–H groups in total. The zero-order valence-corrected chi connectivity index (χ0v) is 13.7. The number of halogens is 3. The summed E-state index contributed by atoms with van der Waals surface area (Å²) in [6, 6.07) is 6.10. The van der Waals surface area contributed by atoms with Gasteiger partial charge in [0, 0.05) is 13.1 Å². The summed E-state index contributed by atoms with van der Waals surface area (Å²) in [7, 11) is 0. The van der Waals surface area contributed by atoms with E-state index in [1.54, 1.807) is 12.1 Å². The van der Waals surface area contributed by atoms with Gasteiger partial charge in [-0.25, -0.2) is 14.5 Å².